The summed E-state index contributed by atoms with van der Waals surface area (Å²) >= 11 is 0. The molecule has 1 aromatic heterocycles. The number of hydrogen-bond acceptors (Lipinski definition) is 3. The number of nitrogens with one attached hydrogen (secondary N) is 1. The molecule has 0 amide bonds. The predicted octanol–water partition coefficient (Wildman–Crippen LogP) is 0.963. The highest BCUT2D eigenvalue weighted by Crippen LogP contribution is 2.02. The van der Waals surface area contributed by atoms with Gasteiger partial charge in [0.15, 0.2) is 0 Å². The van der Waals surface area contributed by atoms with Gasteiger partial charge in [-0.3, -0.25) is 0 Å². The number of aromatic nitrogens is 2. The van der Waals surface area contributed by atoms with Crippen LogP contribution in [0.15, 0.2) is 11.0 Å². The summed E-state index contributed by atoms with van der Waals surface area (Å²) < 4.78 is 0. The van der Waals surface area contributed by atoms with Gasteiger partial charge in [0.2, 0.25) is 0 Å². The molecule has 1 N–H and O–H groups in total. The zero-order chi connectivity index (χ0) is 11.3. The van der Waals surface area contributed by atoms with Crippen molar-refractivity contribution >= 4 is 0 Å². The third-order valence-electron chi connectivity index (χ3n) is 2.71. The smallest absolute Gasteiger partial charge is 0.310 e. The van der Waals surface area contributed by atoms with E-state index in [9.17, 15) is 4.79 Å². The van der Waals surface area contributed by atoms with Crippen molar-refractivity contribution in [1.29, 1.82) is 0 Å². The maximum Gasteiger partial charge on any atom is 0.345 e. The van der Waals surface area contributed by atoms with Crippen LogP contribution in [0.25, 0.3) is 0 Å². The van der Waals surface area contributed by atoms with Crippen LogP contribution in [-0.4, -0.2) is 34.5 Å². The first-order chi connectivity index (χ1) is 7.17. The highest BCUT2D eigenvalue weighted by atomic mass is 16.1. The van der Waals surface area contributed by atoms with Crippen LogP contribution in [0.1, 0.15) is 25.1 Å². The molecular weight excluding hydrogens is 190 g/mol. The Hall–Kier alpha value is -1.16. The van der Waals surface area contributed by atoms with Crippen LogP contribution in [0.2, 0.25) is 0 Å². The molecular formula is C11H19N3O. The Morgan fingerprint density at radius 3 is 2.60 bits per heavy atom. The molecule has 0 unspecified atom stereocenters. The molecule has 1 aromatic rings. The summed E-state index contributed by atoms with van der Waals surface area (Å²) in [7, 11) is 0. The maximum absolute atomic E-state index is 10.9. The van der Waals surface area contributed by atoms with E-state index in [0.717, 1.165) is 37.3 Å². The molecule has 0 aliphatic heterocycles. The van der Waals surface area contributed by atoms with Crippen molar-refractivity contribution in [3.8, 4) is 0 Å². The lowest BCUT2D eigenvalue weighted by Gasteiger charge is -2.17. The Morgan fingerprint density at radius 2 is 2.07 bits per heavy atom. The Morgan fingerprint density at radius 1 is 1.40 bits per heavy atom. The van der Waals surface area contributed by atoms with E-state index in [1.54, 1.807) is 6.20 Å². The molecule has 0 radical (unpaired) electrons. The van der Waals surface area contributed by atoms with Gasteiger partial charge in [-0.25, -0.2) is 9.78 Å². The molecule has 1 heterocycles. The van der Waals surface area contributed by atoms with E-state index < -0.39 is 0 Å². The number of rotatable bonds is 5. The van der Waals surface area contributed by atoms with E-state index in [4.69, 9.17) is 0 Å². The second-order valence-corrected chi connectivity index (χ2v) is 3.62. The van der Waals surface area contributed by atoms with Gasteiger partial charge in [-0.05, 0) is 32.0 Å². The fourth-order valence-corrected chi connectivity index (χ4v) is 1.58. The molecule has 4 nitrogen and oxygen atoms in total. The molecule has 0 spiro atoms. The fraction of sp³-hybridized carbons (Fsp3) is 0.636. The predicted molar refractivity (Wildman–Crippen MR) is 61.1 cm³/mol. The molecule has 15 heavy (non-hydrogen) atoms. The number of hydrogen-bond donors (Lipinski definition) is 1. The van der Waals surface area contributed by atoms with Gasteiger partial charge in [-0.15, -0.1) is 0 Å². The second kappa shape index (κ2) is 5.66. The highest BCUT2D eigenvalue weighted by Gasteiger charge is 2.03. The SMILES string of the molecule is CCN(CC)CCc1cnc(=O)[nH]c1C. The first kappa shape index (κ1) is 11.9. The highest BCUT2D eigenvalue weighted by molar-refractivity contribution is 5.14. The zero-order valence-electron chi connectivity index (χ0n) is 9.71. The topological polar surface area (TPSA) is 49.0 Å². The summed E-state index contributed by atoms with van der Waals surface area (Å²) in [5.41, 5.74) is 1.79. The summed E-state index contributed by atoms with van der Waals surface area (Å²) in [6.07, 6.45) is 2.62. The third kappa shape index (κ3) is 3.47. The second-order valence-electron chi connectivity index (χ2n) is 3.62. The van der Waals surface area contributed by atoms with E-state index in [1.807, 2.05) is 6.92 Å². The minimum absolute atomic E-state index is 0.265. The average molecular weight is 209 g/mol. The minimum atomic E-state index is -0.265. The van der Waals surface area contributed by atoms with Crippen LogP contribution < -0.4 is 5.69 Å². The molecule has 4 heteroatoms. The summed E-state index contributed by atoms with van der Waals surface area (Å²) in [4.78, 5) is 19.7. The Kier molecular flexibility index (Phi) is 4.49. The van der Waals surface area contributed by atoms with Gasteiger partial charge >= 0.3 is 5.69 Å². The van der Waals surface area contributed by atoms with Crippen molar-refractivity contribution < 1.29 is 0 Å². The summed E-state index contributed by atoms with van der Waals surface area (Å²) in [5, 5.41) is 0. The zero-order valence-corrected chi connectivity index (χ0v) is 9.71. The van der Waals surface area contributed by atoms with E-state index in [-0.39, 0.29) is 5.69 Å². The van der Waals surface area contributed by atoms with Crippen molar-refractivity contribution in [2.45, 2.75) is 27.2 Å². The number of aryl methyl sites for hydroxylation is 1. The quantitative estimate of drug-likeness (QED) is 0.786. The molecule has 0 aliphatic carbocycles. The van der Waals surface area contributed by atoms with Gasteiger partial charge in [0.05, 0.1) is 0 Å². The van der Waals surface area contributed by atoms with Crippen LogP contribution >= 0.6 is 0 Å². The minimum Gasteiger partial charge on any atom is -0.310 e. The van der Waals surface area contributed by atoms with Gasteiger partial charge in [0.1, 0.15) is 0 Å². The lowest BCUT2D eigenvalue weighted by atomic mass is 10.2. The van der Waals surface area contributed by atoms with E-state index >= 15 is 0 Å². The number of nitrogens with zero attached hydrogens (tertiary/aromatic N) is 2. The maximum atomic E-state index is 10.9. The van der Waals surface area contributed by atoms with Gasteiger partial charge in [0, 0.05) is 18.4 Å². The van der Waals surface area contributed by atoms with Crippen LogP contribution in [-0.2, 0) is 6.42 Å². The van der Waals surface area contributed by atoms with Crippen molar-refractivity contribution in [3.05, 3.63) is 27.9 Å². The molecule has 0 saturated heterocycles. The lowest BCUT2D eigenvalue weighted by molar-refractivity contribution is 0.307. The summed E-state index contributed by atoms with van der Waals surface area (Å²) in [6, 6.07) is 0. The first-order valence-corrected chi connectivity index (χ1v) is 5.44. The third-order valence-corrected chi connectivity index (χ3v) is 2.71. The molecule has 0 saturated carbocycles. The van der Waals surface area contributed by atoms with Crippen LogP contribution in [0.5, 0.6) is 0 Å². The Bertz CT molecular complexity index is 355. The number of likely N-dealkylation sites (N-methyl/N-ethyl adjacent to an activating group) is 1. The van der Waals surface area contributed by atoms with Crippen LogP contribution in [0.4, 0.5) is 0 Å². The van der Waals surface area contributed by atoms with E-state index in [0.29, 0.717) is 0 Å². The van der Waals surface area contributed by atoms with Crippen molar-refractivity contribution in [1.82, 2.24) is 14.9 Å². The van der Waals surface area contributed by atoms with Gasteiger partial charge in [0.25, 0.3) is 0 Å². The molecule has 0 fully saturated rings. The molecule has 0 bridgehead atoms. The Labute approximate surface area is 90.3 Å². The largest absolute Gasteiger partial charge is 0.345 e. The van der Waals surface area contributed by atoms with Crippen LogP contribution in [0, 0.1) is 6.92 Å². The van der Waals surface area contributed by atoms with Crippen molar-refractivity contribution in [3.63, 3.8) is 0 Å². The van der Waals surface area contributed by atoms with Gasteiger partial charge in [-0.1, -0.05) is 13.8 Å². The van der Waals surface area contributed by atoms with Crippen molar-refractivity contribution in [2.24, 2.45) is 0 Å². The van der Waals surface area contributed by atoms with Crippen molar-refractivity contribution in [2.75, 3.05) is 19.6 Å². The Balaban J connectivity index is 2.61. The molecule has 0 aliphatic rings. The summed E-state index contributed by atoms with van der Waals surface area (Å²) in [6.45, 7) is 9.36. The number of aromatic amines is 1. The normalized spacial score (nSPS) is 10.9. The fourth-order valence-electron chi connectivity index (χ4n) is 1.58. The number of H-pyrrole nitrogens is 1. The molecule has 0 atom stereocenters. The van der Waals surface area contributed by atoms with Gasteiger partial charge in [-0.2, -0.15) is 0 Å². The molecule has 0 aromatic carbocycles. The summed E-state index contributed by atoms with van der Waals surface area (Å²) in [5.74, 6) is 0. The van der Waals surface area contributed by atoms with Crippen LogP contribution in [0.3, 0.4) is 0 Å². The van der Waals surface area contributed by atoms with E-state index in [1.165, 1.54) is 0 Å². The van der Waals surface area contributed by atoms with E-state index in [2.05, 4.69) is 28.7 Å². The lowest BCUT2D eigenvalue weighted by Crippen LogP contribution is -2.26. The standard InChI is InChI=1S/C11H19N3O/c1-4-14(5-2)7-6-10-8-12-11(15)13-9(10)3/h8H,4-7H2,1-3H3,(H,12,13,15). The molecule has 84 valence electrons. The average Bonchev–Trinajstić information content (AvgIpc) is 2.22. The first-order valence-electron chi connectivity index (χ1n) is 5.44. The van der Waals surface area contributed by atoms with Gasteiger partial charge < -0.3 is 9.88 Å². The monoisotopic (exact) mass is 209 g/mol. The molecule has 1 rings (SSSR count).